The Bertz CT molecular complexity index is 389. The Morgan fingerprint density at radius 2 is 2.39 bits per heavy atom. The molecule has 2 fully saturated rings. The fourth-order valence-corrected chi connectivity index (χ4v) is 2.20. The molecule has 0 bridgehead atoms. The molecule has 18 heavy (non-hydrogen) atoms. The van der Waals surface area contributed by atoms with Crippen molar-refractivity contribution in [3.05, 3.63) is 12.0 Å². The summed E-state index contributed by atoms with van der Waals surface area (Å²) in [7, 11) is 0. The predicted octanol–water partition coefficient (Wildman–Crippen LogP) is 1.54. The quantitative estimate of drug-likeness (QED) is 0.860. The molecule has 1 saturated carbocycles. The van der Waals surface area contributed by atoms with Gasteiger partial charge >= 0.3 is 0 Å². The summed E-state index contributed by atoms with van der Waals surface area (Å²) in [6, 6.07) is 1.45. The Balaban J connectivity index is 1.57. The van der Waals surface area contributed by atoms with Crippen LogP contribution in [0.5, 0.6) is 0 Å². The fraction of sp³-hybridized carbons (Fsp3) is 0.769. The number of hydrogen-bond acceptors (Lipinski definition) is 5. The summed E-state index contributed by atoms with van der Waals surface area (Å²) in [6.45, 7) is 5.47. The summed E-state index contributed by atoms with van der Waals surface area (Å²) in [5.74, 6) is 0. The number of oxazole rings is 1. The molecular formula is C13H21N3O2. The molecule has 1 aromatic rings. The van der Waals surface area contributed by atoms with E-state index in [0.29, 0.717) is 12.1 Å². The highest BCUT2D eigenvalue weighted by Gasteiger charge is 2.23. The number of hydrogen-bond donors (Lipinski definition) is 1. The van der Waals surface area contributed by atoms with Gasteiger partial charge < -0.3 is 19.4 Å². The summed E-state index contributed by atoms with van der Waals surface area (Å²) in [6.07, 6.45) is 5.70. The van der Waals surface area contributed by atoms with Gasteiger partial charge in [-0.15, -0.1) is 0 Å². The predicted molar refractivity (Wildman–Crippen MR) is 68.6 cm³/mol. The molecule has 5 nitrogen and oxygen atoms in total. The summed E-state index contributed by atoms with van der Waals surface area (Å²) < 4.78 is 11.2. The second-order valence-corrected chi connectivity index (χ2v) is 5.12. The molecular weight excluding hydrogens is 230 g/mol. The molecule has 2 aliphatic rings. The van der Waals surface area contributed by atoms with E-state index in [1.807, 2.05) is 0 Å². The van der Waals surface area contributed by atoms with Crippen LogP contribution in [-0.4, -0.2) is 36.8 Å². The zero-order chi connectivity index (χ0) is 12.4. The Labute approximate surface area is 108 Å². The summed E-state index contributed by atoms with van der Waals surface area (Å²) in [4.78, 5) is 6.72. The number of ether oxygens (including phenoxy) is 1. The molecule has 5 heteroatoms. The number of rotatable bonds is 5. The Kier molecular flexibility index (Phi) is 3.52. The second-order valence-electron chi connectivity index (χ2n) is 5.12. The first-order chi connectivity index (χ1) is 8.85. The molecule has 2 heterocycles. The van der Waals surface area contributed by atoms with Gasteiger partial charge in [-0.3, -0.25) is 0 Å². The highest BCUT2D eigenvalue weighted by molar-refractivity contribution is 5.28. The minimum Gasteiger partial charge on any atom is -0.432 e. The lowest BCUT2D eigenvalue weighted by Gasteiger charge is -2.31. The van der Waals surface area contributed by atoms with Crippen LogP contribution in [-0.2, 0) is 11.3 Å². The van der Waals surface area contributed by atoms with Gasteiger partial charge in [-0.05, 0) is 19.3 Å². The number of anilines is 1. The zero-order valence-corrected chi connectivity index (χ0v) is 10.9. The van der Waals surface area contributed by atoms with E-state index in [9.17, 15) is 0 Å². The van der Waals surface area contributed by atoms with Gasteiger partial charge in [0.15, 0.2) is 0 Å². The Hall–Kier alpha value is -1.07. The van der Waals surface area contributed by atoms with E-state index in [1.54, 1.807) is 6.26 Å². The number of morpholine rings is 1. The smallest absolute Gasteiger partial charge is 0.297 e. The maximum absolute atomic E-state index is 5.65. The SMILES string of the molecule is CCC1CN(c2nc(CNC3CC3)co2)CCO1. The van der Waals surface area contributed by atoms with Crippen LogP contribution in [0.15, 0.2) is 10.7 Å². The molecule has 1 atom stereocenters. The summed E-state index contributed by atoms with van der Waals surface area (Å²) in [5.41, 5.74) is 0.997. The van der Waals surface area contributed by atoms with E-state index < -0.39 is 0 Å². The summed E-state index contributed by atoms with van der Waals surface area (Å²) >= 11 is 0. The maximum Gasteiger partial charge on any atom is 0.297 e. The van der Waals surface area contributed by atoms with E-state index in [2.05, 4.69) is 22.1 Å². The van der Waals surface area contributed by atoms with E-state index in [4.69, 9.17) is 9.15 Å². The van der Waals surface area contributed by atoms with Crippen LogP contribution >= 0.6 is 0 Å². The molecule has 0 spiro atoms. The lowest BCUT2D eigenvalue weighted by Crippen LogP contribution is -2.42. The third-order valence-corrected chi connectivity index (χ3v) is 3.55. The number of nitrogens with one attached hydrogen (secondary N) is 1. The minimum atomic E-state index is 0.304. The third-order valence-electron chi connectivity index (χ3n) is 3.55. The van der Waals surface area contributed by atoms with Crippen LogP contribution in [0.2, 0.25) is 0 Å². The van der Waals surface area contributed by atoms with Crippen molar-refractivity contribution in [3.63, 3.8) is 0 Å². The van der Waals surface area contributed by atoms with Crippen molar-refractivity contribution in [2.75, 3.05) is 24.6 Å². The van der Waals surface area contributed by atoms with Gasteiger partial charge in [-0.2, -0.15) is 4.98 Å². The van der Waals surface area contributed by atoms with Gasteiger partial charge in [-0.25, -0.2) is 0 Å². The molecule has 1 aliphatic heterocycles. The zero-order valence-electron chi connectivity index (χ0n) is 10.9. The fourth-order valence-electron chi connectivity index (χ4n) is 2.20. The Morgan fingerprint density at radius 3 is 3.17 bits per heavy atom. The first-order valence-corrected chi connectivity index (χ1v) is 6.89. The summed E-state index contributed by atoms with van der Waals surface area (Å²) in [5, 5.41) is 3.44. The molecule has 1 aromatic heterocycles. The van der Waals surface area contributed by atoms with Gasteiger partial charge in [0.2, 0.25) is 0 Å². The first-order valence-electron chi connectivity index (χ1n) is 6.89. The molecule has 1 unspecified atom stereocenters. The van der Waals surface area contributed by atoms with Gasteiger partial charge in [0.1, 0.15) is 6.26 Å². The molecule has 1 N–H and O–H groups in total. The van der Waals surface area contributed by atoms with Crippen molar-refractivity contribution in [2.45, 2.75) is 44.9 Å². The van der Waals surface area contributed by atoms with Crippen LogP contribution < -0.4 is 10.2 Å². The van der Waals surface area contributed by atoms with Crippen molar-refractivity contribution in [1.29, 1.82) is 0 Å². The lowest BCUT2D eigenvalue weighted by molar-refractivity contribution is 0.0367. The van der Waals surface area contributed by atoms with Crippen LogP contribution in [0, 0.1) is 0 Å². The van der Waals surface area contributed by atoms with E-state index in [1.165, 1.54) is 12.8 Å². The minimum absolute atomic E-state index is 0.304. The van der Waals surface area contributed by atoms with Gasteiger partial charge in [0.05, 0.1) is 18.4 Å². The van der Waals surface area contributed by atoms with Crippen molar-refractivity contribution in [2.24, 2.45) is 0 Å². The van der Waals surface area contributed by atoms with E-state index in [0.717, 1.165) is 44.4 Å². The first kappa shape index (κ1) is 12.0. The second kappa shape index (κ2) is 5.28. The van der Waals surface area contributed by atoms with E-state index in [-0.39, 0.29) is 0 Å². The molecule has 100 valence electrons. The maximum atomic E-state index is 5.65. The van der Waals surface area contributed by atoms with Gasteiger partial charge in [0, 0.05) is 25.7 Å². The largest absolute Gasteiger partial charge is 0.432 e. The topological polar surface area (TPSA) is 50.5 Å². The lowest BCUT2D eigenvalue weighted by atomic mass is 10.2. The van der Waals surface area contributed by atoms with Crippen molar-refractivity contribution >= 4 is 6.01 Å². The van der Waals surface area contributed by atoms with Gasteiger partial charge in [-0.1, -0.05) is 6.92 Å². The molecule has 3 rings (SSSR count). The molecule has 1 aliphatic carbocycles. The van der Waals surface area contributed by atoms with Crippen molar-refractivity contribution in [1.82, 2.24) is 10.3 Å². The highest BCUT2D eigenvalue weighted by atomic mass is 16.5. The molecule has 0 amide bonds. The number of aromatic nitrogens is 1. The van der Waals surface area contributed by atoms with Crippen LogP contribution in [0.3, 0.4) is 0 Å². The normalized spacial score (nSPS) is 24.5. The van der Waals surface area contributed by atoms with Crippen molar-refractivity contribution in [3.8, 4) is 0 Å². The van der Waals surface area contributed by atoms with Crippen LogP contribution in [0.25, 0.3) is 0 Å². The average Bonchev–Trinajstić information content (AvgIpc) is 3.13. The monoisotopic (exact) mass is 251 g/mol. The van der Waals surface area contributed by atoms with Gasteiger partial charge in [0.25, 0.3) is 6.01 Å². The van der Waals surface area contributed by atoms with Crippen molar-refractivity contribution < 1.29 is 9.15 Å². The average molecular weight is 251 g/mol. The molecule has 0 radical (unpaired) electrons. The van der Waals surface area contributed by atoms with Crippen LogP contribution in [0.1, 0.15) is 31.9 Å². The number of nitrogens with zero attached hydrogens (tertiary/aromatic N) is 2. The molecule has 0 aromatic carbocycles. The standard InChI is InChI=1S/C13H21N3O2/c1-2-12-8-16(5-6-17-12)13-15-11(9-18-13)7-14-10-3-4-10/h9-10,12,14H,2-8H2,1H3. The van der Waals surface area contributed by atoms with Crippen LogP contribution in [0.4, 0.5) is 6.01 Å². The van der Waals surface area contributed by atoms with E-state index >= 15 is 0 Å². The molecule has 1 saturated heterocycles. The Morgan fingerprint density at radius 1 is 1.50 bits per heavy atom. The third kappa shape index (κ3) is 2.84. The highest BCUT2D eigenvalue weighted by Crippen LogP contribution is 2.21.